The van der Waals surface area contributed by atoms with Crippen LogP contribution in [-0.2, 0) is 4.74 Å². The van der Waals surface area contributed by atoms with Crippen molar-refractivity contribution in [3.8, 4) is 0 Å². The van der Waals surface area contributed by atoms with Gasteiger partial charge in [0.1, 0.15) is 6.10 Å². The van der Waals surface area contributed by atoms with Crippen LogP contribution in [0.2, 0.25) is 0 Å². The fourth-order valence-corrected chi connectivity index (χ4v) is 0.866. The van der Waals surface area contributed by atoms with E-state index in [9.17, 15) is 13.2 Å². The Balaban J connectivity index is 2.87. The van der Waals surface area contributed by atoms with E-state index in [4.69, 9.17) is 0 Å². The Labute approximate surface area is 62.2 Å². The lowest BCUT2D eigenvalue weighted by atomic mass is 10.1. The Morgan fingerprint density at radius 1 is 1.45 bits per heavy atom. The third-order valence-electron chi connectivity index (χ3n) is 1.45. The maximum atomic E-state index is 12.6. The van der Waals surface area contributed by atoms with Crippen molar-refractivity contribution in [2.45, 2.75) is 12.3 Å². The Morgan fingerprint density at radius 3 is 2.55 bits per heavy atom. The van der Waals surface area contributed by atoms with Crippen LogP contribution in [-0.4, -0.2) is 19.4 Å². The minimum Gasteiger partial charge on any atom is -0.371 e. The first-order valence-corrected chi connectivity index (χ1v) is 3.07. The van der Waals surface area contributed by atoms with E-state index in [2.05, 4.69) is 4.74 Å². The minimum atomic E-state index is -1.60. The molecule has 1 rings (SSSR count). The van der Waals surface area contributed by atoms with Crippen molar-refractivity contribution >= 4 is 0 Å². The molecule has 4 heteroatoms. The van der Waals surface area contributed by atoms with Crippen LogP contribution >= 0.6 is 0 Å². The van der Waals surface area contributed by atoms with E-state index in [1.54, 1.807) is 0 Å². The lowest BCUT2D eigenvalue weighted by Gasteiger charge is -2.18. The van der Waals surface area contributed by atoms with Gasteiger partial charge in [0, 0.05) is 7.11 Å². The molecule has 0 amide bonds. The molecule has 0 saturated heterocycles. The number of hydrogen-bond acceptors (Lipinski definition) is 1. The Bertz CT molecular complexity index is 210. The molecule has 0 N–H and O–H groups in total. The maximum absolute atomic E-state index is 12.6. The summed E-state index contributed by atoms with van der Waals surface area (Å²) in [4.78, 5) is 0. The van der Waals surface area contributed by atoms with Crippen LogP contribution in [0, 0.1) is 0 Å². The first-order valence-electron chi connectivity index (χ1n) is 3.07. The molecule has 0 aromatic carbocycles. The van der Waals surface area contributed by atoms with Gasteiger partial charge in [0.2, 0.25) is 0 Å². The second kappa shape index (κ2) is 3.09. The van der Waals surface area contributed by atoms with E-state index in [0.29, 0.717) is 0 Å². The summed E-state index contributed by atoms with van der Waals surface area (Å²) >= 11 is 0. The number of rotatable bonds is 1. The van der Waals surface area contributed by atoms with Gasteiger partial charge in [-0.15, -0.1) is 0 Å². The lowest BCUT2D eigenvalue weighted by Crippen LogP contribution is -2.26. The summed E-state index contributed by atoms with van der Waals surface area (Å²) in [6.07, 6.45) is -1.33. The molecule has 1 nitrogen and oxygen atoms in total. The average molecular weight is 164 g/mol. The number of alkyl halides is 1. The van der Waals surface area contributed by atoms with Gasteiger partial charge < -0.3 is 4.74 Å². The van der Waals surface area contributed by atoms with E-state index in [1.165, 1.54) is 0 Å². The molecule has 0 bridgehead atoms. The summed E-state index contributed by atoms with van der Waals surface area (Å²) in [5.41, 5.74) is 0. The fourth-order valence-electron chi connectivity index (χ4n) is 0.866. The van der Waals surface area contributed by atoms with Crippen molar-refractivity contribution < 1.29 is 17.9 Å². The molecule has 0 aromatic rings. The van der Waals surface area contributed by atoms with Gasteiger partial charge in [0.25, 0.3) is 0 Å². The van der Waals surface area contributed by atoms with E-state index < -0.39 is 23.9 Å². The Morgan fingerprint density at radius 2 is 2.09 bits per heavy atom. The first kappa shape index (κ1) is 8.33. The molecule has 0 radical (unpaired) electrons. The normalized spacial score (nSPS) is 31.3. The lowest BCUT2D eigenvalue weighted by molar-refractivity contribution is 0.0569. The third-order valence-corrected chi connectivity index (χ3v) is 1.45. The Kier molecular flexibility index (Phi) is 2.34. The van der Waals surface area contributed by atoms with Crippen molar-refractivity contribution in [1.82, 2.24) is 0 Å². The average Bonchev–Trinajstić information content (AvgIpc) is 1.99. The number of methoxy groups -OCH3 is 1. The van der Waals surface area contributed by atoms with Gasteiger partial charge in [-0.2, -0.15) is 0 Å². The predicted molar refractivity (Wildman–Crippen MR) is 34.1 cm³/mol. The Hall–Kier alpha value is -0.770. The summed E-state index contributed by atoms with van der Waals surface area (Å²) in [7, 11) is 1.13. The van der Waals surface area contributed by atoms with E-state index in [0.717, 1.165) is 19.3 Å². The molecule has 1 aliphatic carbocycles. The van der Waals surface area contributed by atoms with Gasteiger partial charge in [-0.3, -0.25) is 0 Å². The standard InChI is InChI=1S/C7H7F3O/c1-11-7-5(9)3-2-4(8)6(7)10/h2-3,5,7H,1H3. The third kappa shape index (κ3) is 1.45. The molecule has 0 aliphatic heterocycles. The summed E-state index contributed by atoms with van der Waals surface area (Å²) in [5.74, 6) is -2.24. The van der Waals surface area contributed by atoms with Crippen LogP contribution in [0.15, 0.2) is 23.8 Å². The quantitative estimate of drug-likeness (QED) is 0.576. The van der Waals surface area contributed by atoms with Crippen LogP contribution in [0.25, 0.3) is 0 Å². The molecule has 0 heterocycles. The van der Waals surface area contributed by atoms with Crippen molar-refractivity contribution in [3.63, 3.8) is 0 Å². The highest BCUT2D eigenvalue weighted by molar-refractivity contribution is 5.26. The zero-order valence-corrected chi connectivity index (χ0v) is 5.85. The van der Waals surface area contributed by atoms with Crippen LogP contribution in [0.4, 0.5) is 13.2 Å². The molecule has 62 valence electrons. The number of allylic oxidation sites excluding steroid dienone is 2. The van der Waals surface area contributed by atoms with Crippen LogP contribution < -0.4 is 0 Å². The molecular formula is C7H7F3O. The van der Waals surface area contributed by atoms with Crippen LogP contribution in [0.5, 0.6) is 0 Å². The maximum Gasteiger partial charge on any atom is 0.168 e. The molecule has 0 aromatic heterocycles. The van der Waals surface area contributed by atoms with Gasteiger partial charge in [0.15, 0.2) is 17.8 Å². The van der Waals surface area contributed by atoms with Gasteiger partial charge in [-0.1, -0.05) is 0 Å². The minimum absolute atomic E-state index is 0.759. The van der Waals surface area contributed by atoms with Gasteiger partial charge in [0.05, 0.1) is 0 Å². The molecule has 11 heavy (non-hydrogen) atoms. The van der Waals surface area contributed by atoms with Crippen molar-refractivity contribution in [2.24, 2.45) is 0 Å². The van der Waals surface area contributed by atoms with Gasteiger partial charge >= 0.3 is 0 Å². The number of ether oxygens (including phenoxy) is 1. The van der Waals surface area contributed by atoms with Crippen LogP contribution in [0.1, 0.15) is 0 Å². The second-order valence-corrected chi connectivity index (χ2v) is 2.16. The molecule has 0 saturated carbocycles. The molecule has 2 unspecified atom stereocenters. The molecule has 2 atom stereocenters. The summed E-state index contributed by atoms with van der Waals surface area (Å²) in [6.45, 7) is 0. The van der Waals surface area contributed by atoms with Crippen molar-refractivity contribution in [2.75, 3.05) is 7.11 Å². The van der Waals surface area contributed by atoms with Gasteiger partial charge in [-0.25, -0.2) is 13.2 Å². The zero-order chi connectivity index (χ0) is 8.43. The fraction of sp³-hybridized carbons (Fsp3) is 0.429. The molecule has 0 fully saturated rings. The second-order valence-electron chi connectivity index (χ2n) is 2.16. The van der Waals surface area contributed by atoms with E-state index >= 15 is 0 Å². The van der Waals surface area contributed by atoms with E-state index in [-0.39, 0.29) is 0 Å². The highest BCUT2D eigenvalue weighted by atomic mass is 19.2. The SMILES string of the molecule is COC1C(F)=C(F)C=CC1F. The highest BCUT2D eigenvalue weighted by Crippen LogP contribution is 2.25. The van der Waals surface area contributed by atoms with Gasteiger partial charge in [-0.05, 0) is 12.2 Å². The highest BCUT2D eigenvalue weighted by Gasteiger charge is 2.29. The van der Waals surface area contributed by atoms with Crippen LogP contribution in [0.3, 0.4) is 0 Å². The topological polar surface area (TPSA) is 9.23 Å². The summed E-state index contributed by atoms with van der Waals surface area (Å²) < 4.78 is 41.9. The molecule has 1 aliphatic rings. The monoisotopic (exact) mass is 164 g/mol. The summed E-state index contributed by atoms with van der Waals surface area (Å²) in [5, 5.41) is 0. The predicted octanol–water partition coefficient (Wildman–Crippen LogP) is 2.06. The van der Waals surface area contributed by atoms with E-state index in [1.807, 2.05) is 0 Å². The summed E-state index contributed by atoms with van der Waals surface area (Å²) in [6, 6.07) is 0. The first-order chi connectivity index (χ1) is 5.16. The smallest absolute Gasteiger partial charge is 0.168 e. The van der Waals surface area contributed by atoms with Crippen molar-refractivity contribution in [1.29, 1.82) is 0 Å². The largest absolute Gasteiger partial charge is 0.371 e. The number of halogens is 3. The zero-order valence-electron chi connectivity index (χ0n) is 5.85. The molecule has 0 spiro atoms. The van der Waals surface area contributed by atoms with Crippen molar-refractivity contribution in [3.05, 3.63) is 23.8 Å². The number of hydrogen-bond donors (Lipinski definition) is 0. The molecular weight excluding hydrogens is 157 g/mol.